The van der Waals surface area contributed by atoms with E-state index in [4.69, 9.17) is 4.74 Å². The van der Waals surface area contributed by atoms with E-state index in [1.807, 2.05) is 42.3 Å². The first-order chi connectivity index (χ1) is 11.7. The summed E-state index contributed by atoms with van der Waals surface area (Å²) < 4.78 is 5.32. The van der Waals surface area contributed by atoms with E-state index in [-0.39, 0.29) is 5.91 Å². The van der Waals surface area contributed by atoms with Gasteiger partial charge in [0.25, 0.3) is 5.91 Å². The largest absolute Gasteiger partial charge is 0.378 e. The van der Waals surface area contributed by atoms with Crippen LogP contribution in [0.25, 0.3) is 22.0 Å². The zero-order valence-electron chi connectivity index (χ0n) is 13.5. The third-order valence-electron chi connectivity index (χ3n) is 4.29. The average Bonchev–Trinajstić information content (AvgIpc) is 3.15. The highest BCUT2D eigenvalue weighted by Gasteiger charge is 2.19. The lowest BCUT2D eigenvalue weighted by molar-refractivity contribution is 0.0303. The number of hydrogen-bond donors (Lipinski definition) is 1. The van der Waals surface area contributed by atoms with Gasteiger partial charge >= 0.3 is 0 Å². The first-order valence-electron chi connectivity index (χ1n) is 8.00. The molecular formula is C18H18N4O2. The second kappa shape index (κ2) is 6.05. The third kappa shape index (κ3) is 2.65. The summed E-state index contributed by atoms with van der Waals surface area (Å²) in [5.41, 5.74) is 4.51. The maximum atomic E-state index is 12.7. The average molecular weight is 322 g/mol. The molecule has 1 aromatic carbocycles. The number of fused-ring (bicyclic) bond motifs is 1. The van der Waals surface area contributed by atoms with Crippen LogP contribution in [0, 0.1) is 6.92 Å². The van der Waals surface area contributed by atoms with Crippen molar-refractivity contribution in [2.45, 2.75) is 6.92 Å². The van der Waals surface area contributed by atoms with E-state index >= 15 is 0 Å². The van der Waals surface area contributed by atoms with E-state index in [1.165, 1.54) is 0 Å². The lowest BCUT2D eigenvalue weighted by Gasteiger charge is -2.27. The molecule has 1 N–H and O–H groups in total. The fraction of sp³-hybridized carbons (Fsp3) is 0.278. The molecule has 0 atom stereocenters. The van der Waals surface area contributed by atoms with Gasteiger partial charge in [-0.2, -0.15) is 5.10 Å². The monoisotopic (exact) mass is 322 g/mol. The molecule has 0 bridgehead atoms. The number of nitrogens with zero attached hydrogens (tertiary/aromatic N) is 3. The third-order valence-corrected chi connectivity index (χ3v) is 4.29. The fourth-order valence-electron chi connectivity index (χ4n) is 3.08. The second-order valence-corrected chi connectivity index (χ2v) is 5.93. The molecule has 1 saturated heterocycles. The maximum Gasteiger partial charge on any atom is 0.254 e. The number of rotatable bonds is 2. The standard InChI is InChI=1S/C18H18N4O2/c1-12-8-15(14-10-19-20-11-14)16-9-13(2-3-17(16)21-12)18(23)22-4-6-24-7-5-22/h2-3,8-11H,4-7H2,1H3,(H,19,20). The fourth-order valence-corrected chi connectivity index (χ4v) is 3.08. The highest BCUT2D eigenvalue weighted by molar-refractivity contribution is 6.02. The number of aromatic amines is 1. The van der Waals surface area contributed by atoms with Crippen molar-refractivity contribution in [3.63, 3.8) is 0 Å². The molecule has 3 heterocycles. The van der Waals surface area contributed by atoms with Gasteiger partial charge in [-0.1, -0.05) is 0 Å². The summed E-state index contributed by atoms with van der Waals surface area (Å²) in [6.07, 6.45) is 3.63. The summed E-state index contributed by atoms with van der Waals surface area (Å²) in [5, 5.41) is 7.83. The molecule has 1 aliphatic rings. The van der Waals surface area contributed by atoms with Crippen LogP contribution in [0.15, 0.2) is 36.7 Å². The zero-order chi connectivity index (χ0) is 16.5. The Kier molecular flexibility index (Phi) is 3.74. The minimum atomic E-state index is 0.0407. The molecule has 3 aromatic rings. The molecule has 0 saturated carbocycles. The van der Waals surface area contributed by atoms with Crippen molar-refractivity contribution in [3.8, 4) is 11.1 Å². The number of carbonyl (C=O) groups is 1. The highest BCUT2D eigenvalue weighted by atomic mass is 16.5. The summed E-state index contributed by atoms with van der Waals surface area (Å²) in [6, 6.07) is 7.73. The number of pyridine rings is 1. The van der Waals surface area contributed by atoms with Crippen LogP contribution in [0.4, 0.5) is 0 Å². The van der Waals surface area contributed by atoms with E-state index in [9.17, 15) is 4.79 Å². The van der Waals surface area contributed by atoms with Crippen molar-refractivity contribution in [2.24, 2.45) is 0 Å². The number of benzene rings is 1. The van der Waals surface area contributed by atoms with Crippen LogP contribution in [0.3, 0.4) is 0 Å². The predicted octanol–water partition coefficient (Wildman–Crippen LogP) is 2.41. The number of carbonyl (C=O) groups excluding carboxylic acids is 1. The number of amides is 1. The molecule has 2 aromatic heterocycles. The van der Waals surface area contributed by atoms with Crippen LogP contribution in [-0.4, -0.2) is 52.3 Å². The summed E-state index contributed by atoms with van der Waals surface area (Å²) in [6.45, 7) is 4.44. The predicted molar refractivity (Wildman–Crippen MR) is 90.8 cm³/mol. The number of ether oxygens (including phenoxy) is 1. The van der Waals surface area contributed by atoms with Gasteiger partial charge in [-0.3, -0.25) is 14.9 Å². The Morgan fingerprint density at radius 3 is 2.83 bits per heavy atom. The van der Waals surface area contributed by atoms with Gasteiger partial charge in [-0.05, 0) is 36.8 Å². The highest BCUT2D eigenvalue weighted by Crippen LogP contribution is 2.29. The first-order valence-corrected chi connectivity index (χ1v) is 8.00. The molecule has 24 heavy (non-hydrogen) atoms. The Labute approximate surface area is 139 Å². The van der Waals surface area contributed by atoms with Gasteiger partial charge in [0.05, 0.1) is 24.9 Å². The molecule has 0 spiro atoms. The van der Waals surface area contributed by atoms with E-state index in [2.05, 4.69) is 15.2 Å². The molecule has 0 radical (unpaired) electrons. The van der Waals surface area contributed by atoms with Crippen LogP contribution in [0.5, 0.6) is 0 Å². The number of H-pyrrole nitrogens is 1. The lowest BCUT2D eigenvalue weighted by Crippen LogP contribution is -2.40. The van der Waals surface area contributed by atoms with Crippen molar-refractivity contribution in [1.82, 2.24) is 20.1 Å². The molecule has 0 aliphatic carbocycles. The molecule has 4 rings (SSSR count). The minimum absolute atomic E-state index is 0.0407. The van der Waals surface area contributed by atoms with Crippen LogP contribution in [0.2, 0.25) is 0 Å². The smallest absolute Gasteiger partial charge is 0.254 e. The van der Waals surface area contributed by atoms with Gasteiger partial charge < -0.3 is 9.64 Å². The summed E-state index contributed by atoms with van der Waals surface area (Å²) >= 11 is 0. The normalized spacial score (nSPS) is 15.0. The molecule has 1 amide bonds. The summed E-state index contributed by atoms with van der Waals surface area (Å²) in [5.74, 6) is 0.0407. The van der Waals surface area contributed by atoms with Gasteiger partial charge in [0, 0.05) is 41.5 Å². The molecule has 1 aliphatic heterocycles. The number of aryl methyl sites for hydroxylation is 1. The molecular weight excluding hydrogens is 304 g/mol. The second-order valence-electron chi connectivity index (χ2n) is 5.93. The van der Waals surface area contributed by atoms with Crippen molar-refractivity contribution < 1.29 is 9.53 Å². The van der Waals surface area contributed by atoms with Crippen molar-refractivity contribution >= 4 is 16.8 Å². The van der Waals surface area contributed by atoms with Crippen LogP contribution >= 0.6 is 0 Å². The minimum Gasteiger partial charge on any atom is -0.378 e. The van der Waals surface area contributed by atoms with E-state index < -0.39 is 0 Å². The first kappa shape index (κ1) is 14.8. The molecule has 6 nitrogen and oxygen atoms in total. The Morgan fingerprint density at radius 1 is 1.25 bits per heavy atom. The number of hydrogen-bond acceptors (Lipinski definition) is 4. The van der Waals surface area contributed by atoms with Crippen LogP contribution < -0.4 is 0 Å². The van der Waals surface area contributed by atoms with Gasteiger partial charge in [0.2, 0.25) is 0 Å². The van der Waals surface area contributed by atoms with E-state index in [1.54, 1.807) is 6.20 Å². The molecule has 1 fully saturated rings. The summed E-state index contributed by atoms with van der Waals surface area (Å²) in [7, 11) is 0. The molecule has 0 unspecified atom stereocenters. The Hall–Kier alpha value is -2.73. The SMILES string of the molecule is Cc1cc(-c2cn[nH]c2)c2cc(C(=O)N3CCOCC3)ccc2n1. The van der Waals surface area contributed by atoms with Gasteiger partial charge in [0.15, 0.2) is 0 Å². The lowest BCUT2D eigenvalue weighted by atomic mass is 10.0. The van der Waals surface area contributed by atoms with Gasteiger partial charge in [-0.25, -0.2) is 0 Å². The Morgan fingerprint density at radius 2 is 2.08 bits per heavy atom. The topological polar surface area (TPSA) is 71.1 Å². The van der Waals surface area contributed by atoms with Gasteiger partial charge in [-0.15, -0.1) is 0 Å². The quantitative estimate of drug-likeness (QED) is 0.786. The van der Waals surface area contributed by atoms with E-state index in [0.29, 0.717) is 31.9 Å². The van der Waals surface area contributed by atoms with Crippen molar-refractivity contribution in [3.05, 3.63) is 47.9 Å². The number of nitrogens with one attached hydrogen (secondary N) is 1. The Bertz CT molecular complexity index is 883. The Balaban J connectivity index is 1.80. The van der Waals surface area contributed by atoms with E-state index in [0.717, 1.165) is 27.7 Å². The zero-order valence-corrected chi connectivity index (χ0v) is 13.5. The summed E-state index contributed by atoms with van der Waals surface area (Å²) in [4.78, 5) is 19.2. The van der Waals surface area contributed by atoms with Crippen LogP contribution in [-0.2, 0) is 4.74 Å². The molecule has 122 valence electrons. The van der Waals surface area contributed by atoms with Gasteiger partial charge in [0.1, 0.15) is 0 Å². The number of aromatic nitrogens is 3. The van der Waals surface area contributed by atoms with Crippen molar-refractivity contribution in [1.29, 1.82) is 0 Å². The maximum absolute atomic E-state index is 12.7. The number of morpholine rings is 1. The molecule has 6 heteroatoms. The van der Waals surface area contributed by atoms with Crippen molar-refractivity contribution in [2.75, 3.05) is 26.3 Å². The van der Waals surface area contributed by atoms with Crippen LogP contribution in [0.1, 0.15) is 16.1 Å².